The lowest BCUT2D eigenvalue weighted by molar-refractivity contribution is 0.153. The zero-order chi connectivity index (χ0) is 28.1. The Morgan fingerprint density at radius 3 is 2.40 bits per heavy atom. The van der Waals surface area contributed by atoms with E-state index in [1.165, 1.54) is 25.7 Å². The molecule has 0 unspecified atom stereocenters. The minimum Gasteiger partial charge on any atom is -0.497 e. The molecule has 0 spiro atoms. The van der Waals surface area contributed by atoms with Gasteiger partial charge in [-0.1, -0.05) is 43.8 Å². The Labute approximate surface area is 240 Å². The van der Waals surface area contributed by atoms with Crippen LogP contribution in [0.1, 0.15) is 36.6 Å². The molecular formula is C29H38N6O3SSi. The van der Waals surface area contributed by atoms with Gasteiger partial charge in [-0.2, -0.15) is 0 Å². The number of hydrogen-bond donors (Lipinski definition) is 1. The number of nitrogens with zero attached hydrogens (tertiary/aromatic N) is 5. The molecule has 1 aliphatic carbocycles. The standard InChI is InChI=1S/C29H38N6O3SSi/c1-36-23-14-21(15-24(17-23)37-2)31-22-16-26-25(30-18-22)10-11-27(32-26)35(19-38-12-13-40(3,4)5)29-34-33-28(39-29)20-8-6-7-9-20/h10-11,14-18,20,31H,6-9,12-13,19H2,1-5H3. The van der Waals surface area contributed by atoms with Crippen molar-refractivity contribution in [1.82, 2.24) is 20.2 Å². The number of fused-ring (bicyclic) bond motifs is 1. The minimum atomic E-state index is -1.20. The van der Waals surface area contributed by atoms with E-state index in [2.05, 4.69) is 40.1 Å². The number of methoxy groups -OCH3 is 2. The second-order valence-corrected chi connectivity index (χ2v) is 17.9. The van der Waals surface area contributed by atoms with Crippen molar-refractivity contribution in [1.29, 1.82) is 0 Å². The van der Waals surface area contributed by atoms with Gasteiger partial charge in [0, 0.05) is 44.5 Å². The molecule has 3 aromatic heterocycles. The van der Waals surface area contributed by atoms with Gasteiger partial charge in [0.2, 0.25) is 5.13 Å². The molecule has 1 N–H and O–H groups in total. The maximum absolute atomic E-state index is 6.18. The summed E-state index contributed by atoms with van der Waals surface area (Å²) in [5, 5.41) is 14.5. The highest BCUT2D eigenvalue weighted by Gasteiger charge is 2.24. The van der Waals surface area contributed by atoms with Crippen molar-refractivity contribution in [3.63, 3.8) is 0 Å². The van der Waals surface area contributed by atoms with Crippen molar-refractivity contribution in [3.8, 4) is 11.5 Å². The molecule has 1 fully saturated rings. The van der Waals surface area contributed by atoms with Crippen LogP contribution in [0.3, 0.4) is 0 Å². The number of anilines is 4. The van der Waals surface area contributed by atoms with Crippen molar-refractivity contribution >= 4 is 52.8 Å². The second kappa shape index (κ2) is 12.5. The van der Waals surface area contributed by atoms with Gasteiger partial charge in [0.25, 0.3) is 0 Å². The third kappa shape index (κ3) is 7.07. The van der Waals surface area contributed by atoms with Crippen LogP contribution in [-0.4, -0.2) is 55.8 Å². The summed E-state index contributed by atoms with van der Waals surface area (Å²) in [5.74, 6) is 2.68. The van der Waals surface area contributed by atoms with Gasteiger partial charge in [-0.25, -0.2) is 4.98 Å². The molecule has 4 aromatic rings. The van der Waals surface area contributed by atoms with Crippen molar-refractivity contribution in [2.75, 3.05) is 37.8 Å². The molecule has 5 rings (SSSR count). The number of benzene rings is 1. The third-order valence-electron chi connectivity index (χ3n) is 7.02. The van der Waals surface area contributed by atoms with Crippen LogP contribution >= 0.6 is 11.3 Å². The Morgan fingerprint density at radius 2 is 1.70 bits per heavy atom. The quantitative estimate of drug-likeness (QED) is 0.105. The van der Waals surface area contributed by atoms with Crippen LogP contribution < -0.4 is 19.7 Å². The van der Waals surface area contributed by atoms with Crippen LogP contribution in [0.2, 0.25) is 25.7 Å². The van der Waals surface area contributed by atoms with E-state index in [0.29, 0.717) is 30.8 Å². The lowest BCUT2D eigenvalue weighted by atomic mass is 10.1. The molecule has 11 heteroatoms. The van der Waals surface area contributed by atoms with Crippen LogP contribution in [0.25, 0.3) is 11.0 Å². The zero-order valence-corrected chi connectivity index (χ0v) is 25.8. The van der Waals surface area contributed by atoms with Crippen molar-refractivity contribution < 1.29 is 14.2 Å². The number of ether oxygens (including phenoxy) is 3. The van der Waals surface area contributed by atoms with Crippen LogP contribution in [-0.2, 0) is 4.74 Å². The topological polar surface area (TPSA) is 94.5 Å². The fourth-order valence-corrected chi connectivity index (χ4v) is 6.45. The fourth-order valence-electron chi connectivity index (χ4n) is 4.69. The first-order valence-electron chi connectivity index (χ1n) is 13.8. The van der Waals surface area contributed by atoms with Crippen molar-refractivity contribution in [2.24, 2.45) is 0 Å². The summed E-state index contributed by atoms with van der Waals surface area (Å²) in [6.45, 7) is 8.17. The largest absolute Gasteiger partial charge is 0.497 e. The molecule has 0 amide bonds. The summed E-state index contributed by atoms with van der Waals surface area (Å²) in [4.78, 5) is 11.7. The Bertz CT molecular complexity index is 1410. The van der Waals surface area contributed by atoms with Crippen LogP contribution in [0.15, 0.2) is 42.6 Å². The molecular weight excluding hydrogens is 541 g/mol. The molecule has 1 aromatic carbocycles. The summed E-state index contributed by atoms with van der Waals surface area (Å²) in [5.41, 5.74) is 3.22. The van der Waals surface area contributed by atoms with Gasteiger partial charge in [0.05, 0.1) is 37.1 Å². The van der Waals surface area contributed by atoms with E-state index in [1.807, 2.05) is 41.3 Å². The number of rotatable bonds is 12. The molecule has 212 valence electrons. The molecule has 0 bridgehead atoms. The zero-order valence-electron chi connectivity index (χ0n) is 23.9. The predicted molar refractivity (Wildman–Crippen MR) is 165 cm³/mol. The summed E-state index contributed by atoms with van der Waals surface area (Å²) >= 11 is 1.65. The van der Waals surface area contributed by atoms with Gasteiger partial charge in [-0.15, -0.1) is 10.2 Å². The predicted octanol–water partition coefficient (Wildman–Crippen LogP) is 7.35. The summed E-state index contributed by atoms with van der Waals surface area (Å²) in [6.07, 6.45) is 6.71. The van der Waals surface area contributed by atoms with E-state index in [9.17, 15) is 0 Å². The smallest absolute Gasteiger partial charge is 0.215 e. The van der Waals surface area contributed by atoms with E-state index < -0.39 is 8.07 Å². The lowest BCUT2D eigenvalue weighted by Crippen LogP contribution is -2.26. The fraction of sp³-hybridized carbons (Fsp3) is 0.448. The monoisotopic (exact) mass is 578 g/mol. The van der Waals surface area contributed by atoms with Gasteiger partial charge in [0.1, 0.15) is 29.1 Å². The molecule has 0 atom stereocenters. The first kappa shape index (κ1) is 28.3. The SMILES string of the molecule is COc1cc(Nc2cnc3ccc(N(COCC[Si](C)(C)C)c4nnc(C5CCCC5)s4)nc3c2)cc(OC)c1. The number of aromatic nitrogens is 4. The van der Waals surface area contributed by atoms with Gasteiger partial charge < -0.3 is 19.5 Å². The average Bonchev–Trinajstić information content (AvgIpc) is 3.64. The highest BCUT2D eigenvalue weighted by molar-refractivity contribution is 7.15. The first-order chi connectivity index (χ1) is 19.3. The molecule has 0 radical (unpaired) electrons. The highest BCUT2D eigenvalue weighted by Crippen LogP contribution is 2.38. The van der Waals surface area contributed by atoms with E-state index in [1.54, 1.807) is 31.8 Å². The Hall–Kier alpha value is -3.28. The third-order valence-corrected chi connectivity index (χ3v) is 9.83. The Morgan fingerprint density at radius 1 is 0.950 bits per heavy atom. The first-order valence-corrected chi connectivity index (χ1v) is 18.3. The van der Waals surface area contributed by atoms with Gasteiger partial charge in [0.15, 0.2) is 0 Å². The Balaban J connectivity index is 1.42. The van der Waals surface area contributed by atoms with Crippen LogP contribution in [0.5, 0.6) is 11.5 Å². The molecule has 1 aliphatic rings. The van der Waals surface area contributed by atoms with Crippen molar-refractivity contribution in [3.05, 3.63) is 47.6 Å². The van der Waals surface area contributed by atoms with Gasteiger partial charge >= 0.3 is 0 Å². The van der Waals surface area contributed by atoms with E-state index in [-0.39, 0.29) is 0 Å². The average molecular weight is 579 g/mol. The molecule has 1 saturated carbocycles. The maximum atomic E-state index is 6.18. The van der Waals surface area contributed by atoms with Gasteiger partial charge in [-0.3, -0.25) is 9.88 Å². The molecule has 40 heavy (non-hydrogen) atoms. The van der Waals surface area contributed by atoms with Crippen molar-refractivity contribution in [2.45, 2.75) is 57.3 Å². The lowest BCUT2D eigenvalue weighted by Gasteiger charge is -2.22. The second-order valence-electron chi connectivity index (χ2n) is 11.3. The van der Waals surface area contributed by atoms with Crippen LogP contribution in [0, 0.1) is 0 Å². The minimum absolute atomic E-state index is 0.372. The highest BCUT2D eigenvalue weighted by atomic mass is 32.1. The normalized spacial score (nSPS) is 14.0. The number of pyridine rings is 2. The Kier molecular flexibility index (Phi) is 8.82. The van der Waals surface area contributed by atoms with E-state index in [0.717, 1.165) is 44.4 Å². The van der Waals surface area contributed by atoms with Crippen LogP contribution in [0.4, 0.5) is 22.3 Å². The molecule has 3 heterocycles. The van der Waals surface area contributed by atoms with E-state index >= 15 is 0 Å². The summed E-state index contributed by atoms with van der Waals surface area (Å²) in [6, 6.07) is 12.7. The molecule has 9 nitrogen and oxygen atoms in total. The van der Waals surface area contributed by atoms with E-state index in [4.69, 9.17) is 19.2 Å². The molecule has 0 saturated heterocycles. The molecule has 0 aliphatic heterocycles. The maximum Gasteiger partial charge on any atom is 0.215 e. The summed E-state index contributed by atoms with van der Waals surface area (Å²) < 4.78 is 17.0. The number of hydrogen-bond acceptors (Lipinski definition) is 10. The summed E-state index contributed by atoms with van der Waals surface area (Å²) in [7, 11) is 2.07. The van der Waals surface area contributed by atoms with Gasteiger partial charge in [-0.05, 0) is 37.1 Å². The number of nitrogens with one attached hydrogen (secondary N) is 1.